The maximum Gasteiger partial charge on any atom is 0.411 e. The Hall–Kier alpha value is -1.27. The molecule has 0 bridgehead atoms. The van der Waals surface area contributed by atoms with Crippen molar-refractivity contribution in [3.63, 3.8) is 0 Å². The van der Waals surface area contributed by atoms with Crippen molar-refractivity contribution in [2.24, 2.45) is 5.92 Å². The number of hydrogen-bond acceptors (Lipinski definition) is 3. The smallest absolute Gasteiger partial charge is 0.411 e. The van der Waals surface area contributed by atoms with Crippen molar-refractivity contribution >= 4 is 0 Å². The molecule has 0 aliphatic heterocycles. The summed E-state index contributed by atoms with van der Waals surface area (Å²) in [4.78, 5) is 0. The predicted molar refractivity (Wildman–Crippen MR) is 68.8 cm³/mol. The Morgan fingerprint density at radius 3 is 2.35 bits per heavy atom. The number of aliphatic hydroxyl groups is 1. The SMILES string of the molecule is COc1ccc(CC(CO)CCOCC(F)(F)F)cc1. The van der Waals surface area contributed by atoms with Crippen LogP contribution in [0.25, 0.3) is 0 Å². The molecule has 0 aliphatic rings. The molecule has 1 rings (SSSR count). The molecule has 0 radical (unpaired) electrons. The second kappa shape index (κ2) is 8.11. The van der Waals surface area contributed by atoms with E-state index in [-0.39, 0.29) is 19.1 Å². The molecule has 0 saturated heterocycles. The first-order valence-corrected chi connectivity index (χ1v) is 6.33. The number of ether oxygens (including phenoxy) is 2. The lowest BCUT2D eigenvalue weighted by Gasteiger charge is -2.15. The van der Waals surface area contributed by atoms with Crippen LogP contribution in [0.2, 0.25) is 0 Å². The van der Waals surface area contributed by atoms with Gasteiger partial charge in [0.25, 0.3) is 0 Å². The summed E-state index contributed by atoms with van der Waals surface area (Å²) in [7, 11) is 1.57. The Labute approximate surface area is 116 Å². The highest BCUT2D eigenvalue weighted by Crippen LogP contribution is 2.18. The third-order valence-corrected chi connectivity index (χ3v) is 2.88. The van der Waals surface area contributed by atoms with E-state index in [1.165, 1.54) is 0 Å². The maximum atomic E-state index is 11.9. The van der Waals surface area contributed by atoms with Crippen LogP contribution < -0.4 is 4.74 Å². The summed E-state index contributed by atoms with van der Waals surface area (Å²) < 4.78 is 45.3. The Morgan fingerprint density at radius 2 is 1.85 bits per heavy atom. The van der Waals surface area contributed by atoms with Crippen molar-refractivity contribution in [1.29, 1.82) is 0 Å². The van der Waals surface area contributed by atoms with E-state index >= 15 is 0 Å². The Morgan fingerprint density at radius 1 is 1.20 bits per heavy atom. The van der Waals surface area contributed by atoms with Crippen LogP contribution in [0.15, 0.2) is 24.3 Å². The van der Waals surface area contributed by atoms with Crippen LogP contribution in [0.1, 0.15) is 12.0 Å². The predicted octanol–water partition coefficient (Wildman–Crippen LogP) is 2.82. The zero-order chi connectivity index (χ0) is 15.0. The molecule has 20 heavy (non-hydrogen) atoms. The number of alkyl halides is 3. The fourth-order valence-corrected chi connectivity index (χ4v) is 1.79. The minimum atomic E-state index is -4.30. The molecule has 0 amide bonds. The highest BCUT2D eigenvalue weighted by atomic mass is 19.4. The molecule has 1 aromatic carbocycles. The lowest BCUT2D eigenvalue weighted by atomic mass is 9.97. The van der Waals surface area contributed by atoms with Gasteiger partial charge in [-0.1, -0.05) is 12.1 Å². The van der Waals surface area contributed by atoms with E-state index in [2.05, 4.69) is 4.74 Å². The van der Waals surface area contributed by atoms with Crippen LogP contribution in [-0.4, -0.2) is 38.2 Å². The van der Waals surface area contributed by atoms with Gasteiger partial charge in [0, 0.05) is 13.2 Å². The molecule has 1 atom stereocenters. The summed E-state index contributed by atoms with van der Waals surface area (Å²) in [5.41, 5.74) is 1.00. The first-order valence-electron chi connectivity index (χ1n) is 6.33. The topological polar surface area (TPSA) is 38.7 Å². The van der Waals surface area contributed by atoms with Gasteiger partial charge in [-0.2, -0.15) is 13.2 Å². The van der Waals surface area contributed by atoms with Gasteiger partial charge in [-0.25, -0.2) is 0 Å². The van der Waals surface area contributed by atoms with Gasteiger partial charge < -0.3 is 14.6 Å². The van der Waals surface area contributed by atoms with Crippen LogP contribution in [0.4, 0.5) is 13.2 Å². The normalized spacial score (nSPS) is 13.2. The van der Waals surface area contributed by atoms with E-state index in [0.29, 0.717) is 12.8 Å². The number of rotatable bonds is 8. The lowest BCUT2D eigenvalue weighted by molar-refractivity contribution is -0.174. The van der Waals surface area contributed by atoms with Crippen LogP contribution in [-0.2, 0) is 11.2 Å². The first kappa shape index (κ1) is 16.8. The van der Waals surface area contributed by atoms with Gasteiger partial charge in [0.1, 0.15) is 12.4 Å². The van der Waals surface area contributed by atoms with Crippen molar-refractivity contribution in [3.8, 4) is 5.75 Å². The molecule has 0 aromatic heterocycles. The van der Waals surface area contributed by atoms with Gasteiger partial charge in [-0.15, -0.1) is 0 Å². The summed E-state index contributed by atoms with van der Waals surface area (Å²) in [5.74, 6) is 0.624. The monoisotopic (exact) mass is 292 g/mol. The van der Waals surface area contributed by atoms with E-state index < -0.39 is 12.8 Å². The Kier molecular flexibility index (Phi) is 6.81. The number of methoxy groups -OCH3 is 1. The van der Waals surface area contributed by atoms with Gasteiger partial charge >= 0.3 is 6.18 Å². The Bertz CT molecular complexity index is 376. The average molecular weight is 292 g/mol. The Balaban J connectivity index is 2.34. The highest BCUT2D eigenvalue weighted by molar-refractivity contribution is 5.27. The third-order valence-electron chi connectivity index (χ3n) is 2.88. The van der Waals surface area contributed by atoms with Crippen LogP contribution >= 0.6 is 0 Å². The van der Waals surface area contributed by atoms with Gasteiger partial charge in [0.05, 0.1) is 7.11 Å². The largest absolute Gasteiger partial charge is 0.497 e. The van der Waals surface area contributed by atoms with Crippen molar-refractivity contribution in [2.45, 2.75) is 19.0 Å². The highest BCUT2D eigenvalue weighted by Gasteiger charge is 2.27. The minimum Gasteiger partial charge on any atom is -0.497 e. The number of aliphatic hydroxyl groups excluding tert-OH is 1. The van der Waals surface area contributed by atoms with E-state index in [9.17, 15) is 18.3 Å². The molecule has 1 N–H and O–H groups in total. The summed E-state index contributed by atoms with van der Waals surface area (Å²) in [6.07, 6.45) is -3.32. The van der Waals surface area contributed by atoms with Crippen LogP contribution in [0.5, 0.6) is 5.75 Å². The van der Waals surface area contributed by atoms with Gasteiger partial charge in [-0.05, 0) is 36.5 Å². The molecule has 3 nitrogen and oxygen atoms in total. The number of halogens is 3. The zero-order valence-electron chi connectivity index (χ0n) is 11.3. The van der Waals surface area contributed by atoms with E-state index in [4.69, 9.17) is 4.74 Å². The molecule has 0 saturated carbocycles. The summed E-state index contributed by atoms with van der Waals surface area (Å²) in [6.45, 7) is -1.34. The molecular weight excluding hydrogens is 273 g/mol. The van der Waals surface area contributed by atoms with Crippen molar-refractivity contribution in [1.82, 2.24) is 0 Å². The molecular formula is C14H19F3O3. The standard InChI is InChI=1S/C14H19F3O3/c1-19-13-4-2-11(3-5-13)8-12(9-18)6-7-20-10-14(15,16)17/h2-5,12,18H,6-10H2,1H3. The lowest BCUT2D eigenvalue weighted by Crippen LogP contribution is -2.19. The quantitative estimate of drug-likeness (QED) is 0.749. The fourth-order valence-electron chi connectivity index (χ4n) is 1.79. The number of benzene rings is 1. The van der Waals surface area contributed by atoms with Crippen molar-refractivity contribution in [3.05, 3.63) is 29.8 Å². The number of hydrogen-bond donors (Lipinski definition) is 1. The average Bonchev–Trinajstić information content (AvgIpc) is 2.42. The summed E-state index contributed by atoms with van der Waals surface area (Å²) in [5, 5.41) is 9.24. The van der Waals surface area contributed by atoms with E-state index in [1.54, 1.807) is 7.11 Å². The molecule has 0 fully saturated rings. The first-order chi connectivity index (χ1) is 9.44. The van der Waals surface area contributed by atoms with E-state index in [0.717, 1.165) is 11.3 Å². The zero-order valence-corrected chi connectivity index (χ0v) is 11.3. The van der Waals surface area contributed by atoms with Crippen molar-refractivity contribution in [2.75, 3.05) is 26.9 Å². The molecule has 0 aliphatic carbocycles. The fraction of sp³-hybridized carbons (Fsp3) is 0.571. The molecule has 1 unspecified atom stereocenters. The van der Waals surface area contributed by atoms with Gasteiger partial charge in [0.15, 0.2) is 0 Å². The molecule has 1 aromatic rings. The summed E-state index contributed by atoms with van der Waals surface area (Å²) in [6, 6.07) is 7.37. The van der Waals surface area contributed by atoms with Crippen molar-refractivity contribution < 1.29 is 27.8 Å². The maximum absolute atomic E-state index is 11.9. The minimum absolute atomic E-state index is 0.0130. The van der Waals surface area contributed by atoms with E-state index in [1.807, 2.05) is 24.3 Å². The molecule has 0 spiro atoms. The van der Waals surface area contributed by atoms with Gasteiger partial charge in [0.2, 0.25) is 0 Å². The van der Waals surface area contributed by atoms with Crippen LogP contribution in [0, 0.1) is 5.92 Å². The molecule has 0 heterocycles. The molecule has 114 valence electrons. The third kappa shape index (κ3) is 6.77. The summed E-state index contributed by atoms with van der Waals surface area (Å²) >= 11 is 0. The van der Waals surface area contributed by atoms with Crippen LogP contribution in [0.3, 0.4) is 0 Å². The molecule has 6 heteroatoms. The second-order valence-corrected chi connectivity index (χ2v) is 4.56. The second-order valence-electron chi connectivity index (χ2n) is 4.56. The van der Waals surface area contributed by atoms with Gasteiger partial charge in [-0.3, -0.25) is 0 Å².